The van der Waals surface area contributed by atoms with Crippen molar-refractivity contribution in [1.82, 2.24) is 15.5 Å². The molecule has 1 fully saturated rings. The summed E-state index contributed by atoms with van der Waals surface area (Å²) in [5.74, 6) is -0.597. The lowest BCUT2D eigenvalue weighted by Gasteiger charge is -2.02. The van der Waals surface area contributed by atoms with Gasteiger partial charge in [0.2, 0.25) is 0 Å². The first kappa shape index (κ1) is 9.79. The summed E-state index contributed by atoms with van der Waals surface area (Å²) in [5.41, 5.74) is 0. The molecule has 0 radical (unpaired) electrons. The number of rotatable bonds is 2. The minimum atomic E-state index is -3.58. The van der Waals surface area contributed by atoms with Crippen LogP contribution in [0.5, 0.6) is 0 Å². The zero-order chi connectivity index (χ0) is 10.2. The van der Waals surface area contributed by atoms with Crippen molar-refractivity contribution < 1.29 is 13.3 Å². The molecule has 0 saturated carbocycles. The first-order valence-corrected chi connectivity index (χ1v) is 4.59. The van der Waals surface area contributed by atoms with Gasteiger partial charge in [-0.05, 0) is 31.0 Å². The highest BCUT2D eigenvalue weighted by Gasteiger charge is 2.36. The standard InChI is InChI=1S/C7H8ClF2N3O/c8-7(9,10)6-12-5(13-14-6)4-2-1-3-11-4/h4,11H,1-3H2. The van der Waals surface area contributed by atoms with Crippen molar-refractivity contribution in [2.45, 2.75) is 24.3 Å². The molecule has 1 aliphatic heterocycles. The molecule has 14 heavy (non-hydrogen) atoms. The largest absolute Gasteiger partial charge is 0.400 e. The van der Waals surface area contributed by atoms with Crippen LogP contribution in [-0.4, -0.2) is 16.7 Å². The number of alkyl halides is 3. The van der Waals surface area contributed by atoms with E-state index in [4.69, 9.17) is 11.6 Å². The lowest BCUT2D eigenvalue weighted by atomic mass is 10.2. The molecule has 2 heterocycles. The van der Waals surface area contributed by atoms with E-state index in [0.717, 1.165) is 19.4 Å². The van der Waals surface area contributed by atoms with Crippen molar-refractivity contribution >= 4 is 11.6 Å². The van der Waals surface area contributed by atoms with Crippen LogP contribution in [0.4, 0.5) is 8.78 Å². The smallest absolute Gasteiger partial charge is 0.331 e. The fraction of sp³-hybridized carbons (Fsp3) is 0.714. The maximum Gasteiger partial charge on any atom is 0.400 e. The van der Waals surface area contributed by atoms with Crippen LogP contribution in [0.3, 0.4) is 0 Å². The van der Waals surface area contributed by atoms with E-state index in [1.54, 1.807) is 0 Å². The van der Waals surface area contributed by atoms with Crippen LogP contribution in [-0.2, 0) is 5.38 Å². The molecule has 0 spiro atoms. The topological polar surface area (TPSA) is 51.0 Å². The summed E-state index contributed by atoms with van der Waals surface area (Å²) in [6.07, 6.45) is 1.80. The quantitative estimate of drug-likeness (QED) is 0.777. The predicted octanol–water partition coefficient (Wildman–Crippen LogP) is 1.78. The highest BCUT2D eigenvalue weighted by molar-refractivity contribution is 6.21. The Balaban J connectivity index is 2.17. The van der Waals surface area contributed by atoms with Gasteiger partial charge in [0.25, 0.3) is 0 Å². The Labute approximate surface area is 83.6 Å². The van der Waals surface area contributed by atoms with E-state index >= 15 is 0 Å². The van der Waals surface area contributed by atoms with Crippen LogP contribution >= 0.6 is 11.6 Å². The molecule has 1 N–H and O–H groups in total. The normalized spacial score (nSPS) is 22.9. The van der Waals surface area contributed by atoms with Crippen LogP contribution in [0, 0.1) is 0 Å². The van der Waals surface area contributed by atoms with E-state index in [2.05, 4.69) is 20.0 Å². The van der Waals surface area contributed by atoms with E-state index in [1.807, 2.05) is 0 Å². The lowest BCUT2D eigenvalue weighted by molar-refractivity contribution is 0.0550. The second-order valence-corrected chi connectivity index (χ2v) is 3.58. The van der Waals surface area contributed by atoms with Crippen molar-refractivity contribution in [3.05, 3.63) is 11.7 Å². The van der Waals surface area contributed by atoms with Crippen molar-refractivity contribution in [1.29, 1.82) is 0 Å². The number of hydrogen-bond donors (Lipinski definition) is 1. The zero-order valence-electron chi connectivity index (χ0n) is 7.14. The van der Waals surface area contributed by atoms with Crippen molar-refractivity contribution in [3.8, 4) is 0 Å². The Morgan fingerprint density at radius 2 is 2.36 bits per heavy atom. The van der Waals surface area contributed by atoms with E-state index in [0.29, 0.717) is 0 Å². The molecule has 4 nitrogen and oxygen atoms in total. The molecule has 1 aromatic rings. The first-order chi connectivity index (χ1) is 6.57. The average molecular weight is 224 g/mol. The Morgan fingerprint density at radius 1 is 1.57 bits per heavy atom. The third-order valence-corrected chi connectivity index (χ3v) is 2.22. The zero-order valence-corrected chi connectivity index (χ0v) is 7.89. The molecule has 0 amide bonds. The van der Waals surface area contributed by atoms with Crippen LogP contribution in [0.25, 0.3) is 0 Å². The van der Waals surface area contributed by atoms with Gasteiger partial charge in [0, 0.05) is 0 Å². The second-order valence-electron chi connectivity index (χ2n) is 3.10. The summed E-state index contributed by atoms with van der Waals surface area (Å²) in [4.78, 5) is 3.54. The summed E-state index contributed by atoms with van der Waals surface area (Å²) < 4.78 is 29.4. The minimum absolute atomic E-state index is 0.0912. The average Bonchev–Trinajstić information content (AvgIpc) is 2.73. The van der Waals surface area contributed by atoms with Gasteiger partial charge in [-0.25, -0.2) is 0 Å². The van der Waals surface area contributed by atoms with Crippen LogP contribution < -0.4 is 5.32 Å². The van der Waals surface area contributed by atoms with E-state index in [-0.39, 0.29) is 11.9 Å². The van der Waals surface area contributed by atoms with Crippen molar-refractivity contribution in [2.24, 2.45) is 0 Å². The maximum absolute atomic E-state index is 12.5. The summed E-state index contributed by atoms with van der Waals surface area (Å²) >= 11 is 4.73. The summed E-state index contributed by atoms with van der Waals surface area (Å²) in [5, 5.41) is 2.94. The van der Waals surface area contributed by atoms with Gasteiger partial charge >= 0.3 is 11.3 Å². The number of halogens is 3. The molecule has 2 rings (SSSR count). The van der Waals surface area contributed by atoms with E-state index in [9.17, 15) is 8.78 Å². The third-order valence-electron chi connectivity index (χ3n) is 2.06. The van der Waals surface area contributed by atoms with Gasteiger partial charge in [-0.2, -0.15) is 13.8 Å². The highest BCUT2D eigenvalue weighted by atomic mass is 35.5. The Bertz CT molecular complexity index is 319. The second kappa shape index (κ2) is 3.43. The summed E-state index contributed by atoms with van der Waals surface area (Å²) in [7, 11) is 0. The molecular formula is C7H8ClF2N3O. The SMILES string of the molecule is FC(F)(Cl)c1nc(C2CCCN2)no1. The van der Waals surface area contributed by atoms with Gasteiger partial charge < -0.3 is 9.84 Å². The van der Waals surface area contributed by atoms with E-state index in [1.165, 1.54) is 0 Å². The molecule has 1 aliphatic rings. The van der Waals surface area contributed by atoms with Gasteiger partial charge in [0.1, 0.15) is 0 Å². The van der Waals surface area contributed by atoms with Gasteiger partial charge in [-0.3, -0.25) is 0 Å². The first-order valence-electron chi connectivity index (χ1n) is 4.21. The Hall–Kier alpha value is -0.750. The van der Waals surface area contributed by atoms with Crippen LogP contribution in [0.2, 0.25) is 0 Å². The molecule has 1 saturated heterocycles. The summed E-state index contributed by atoms with van der Waals surface area (Å²) in [6.45, 7) is 0.839. The van der Waals surface area contributed by atoms with Crippen molar-refractivity contribution in [3.63, 3.8) is 0 Å². The number of hydrogen-bond acceptors (Lipinski definition) is 4. The molecule has 1 atom stereocenters. The molecular weight excluding hydrogens is 216 g/mol. The van der Waals surface area contributed by atoms with E-state index < -0.39 is 11.3 Å². The number of nitrogens with zero attached hydrogens (tertiary/aromatic N) is 2. The van der Waals surface area contributed by atoms with Crippen LogP contribution in [0.15, 0.2) is 4.52 Å². The molecule has 0 bridgehead atoms. The van der Waals surface area contributed by atoms with Gasteiger partial charge in [-0.1, -0.05) is 5.16 Å². The maximum atomic E-state index is 12.5. The monoisotopic (exact) mass is 223 g/mol. The molecule has 1 unspecified atom stereocenters. The Kier molecular flexibility index (Phi) is 2.40. The van der Waals surface area contributed by atoms with Crippen LogP contribution in [0.1, 0.15) is 30.6 Å². The number of aromatic nitrogens is 2. The predicted molar refractivity (Wildman–Crippen MR) is 44.0 cm³/mol. The number of nitrogens with one attached hydrogen (secondary N) is 1. The fourth-order valence-corrected chi connectivity index (χ4v) is 1.47. The minimum Gasteiger partial charge on any atom is -0.331 e. The lowest BCUT2D eigenvalue weighted by Crippen LogP contribution is -2.14. The highest BCUT2D eigenvalue weighted by Crippen LogP contribution is 2.32. The molecule has 7 heteroatoms. The summed E-state index contributed by atoms with van der Waals surface area (Å²) in [6, 6.07) is -0.0912. The third kappa shape index (κ3) is 1.85. The molecule has 78 valence electrons. The van der Waals surface area contributed by atoms with Gasteiger partial charge in [0.05, 0.1) is 6.04 Å². The molecule has 1 aromatic heterocycles. The molecule has 0 aliphatic carbocycles. The van der Waals surface area contributed by atoms with Gasteiger partial charge in [0.15, 0.2) is 5.82 Å². The molecule has 0 aromatic carbocycles. The fourth-order valence-electron chi connectivity index (χ4n) is 1.40. The Morgan fingerprint density at radius 3 is 2.86 bits per heavy atom. The van der Waals surface area contributed by atoms with Gasteiger partial charge in [-0.15, -0.1) is 0 Å². The van der Waals surface area contributed by atoms with Crippen molar-refractivity contribution in [2.75, 3.05) is 6.54 Å².